The zero-order valence-corrected chi connectivity index (χ0v) is 21.3. The van der Waals surface area contributed by atoms with Gasteiger partial charge in [0.15, 0.2) is 5.60 Å². The lowest BCUT2D eigenvalue weighted by molar-refractivity contribution is -0.140. The van der Waals surface area contributed by atoms with E-state index in [4.69, 9.17) is 18.6 Å². The average molecular weight is 509 g/mol. The predicted molar refractivity (Wildman–Crippen MR) is 142 cm³/mol. The molecule has 1 aliphatic heterocycles. The molecule has 0 aliphatic carbocycles. The first kappa shape index (κ1) is 25.1. The Kier molecular flexibility index (Phi) is 7.13. The second-order valence-electron chi connectivity index (χ2n) is 9.09. The second-order valence-corrected chi connectivity index (χ2v) is 9.09. The van der Waals surface area contributed by atoms with Crippen LogP contribution < -0.4 is 0 Å². The number of ether oxygens (including phenoxy) is 3. The maximum absolute atomic E-state index is 13.0. The van der Waals surface area contributed by atoms with Crippen molar-refractivity contribution in [3.05, 3.63) is 131 Å². The Bertz CT molecular complexity index is 1410. The highest BCUT2D eigenvalue weighted by Crippen LogP contribution is 2.46. The molecule has 0 unspecified atom stereocenters. The first-order valence-electron chi connectivity index (χ1n) is 12.5. The first-order chi connectivity index (χ1) is 18.5. The molecule has 1 aromatic heterocycles. The maximum Gasteiger partial charge on any atom is 0.341 e. The number of hydrogen-bond acceptors (Lipinski definition) is 6. The molecule has 6 nitrogen and oxygen atoms in total. The van der Waals surface area contributed by atoms with Crippen LogP contribution in [0.25, 0.3) is 11.3 Å². The fourth-order valence-electron chi connectivity index (χ4n) is 4.71. The van der Waals surface area contributed by atoms with Crippen LogP contribution in [0.15, 0.2) is 113 Å². The average Bonchev–Trinajstić information content (AvgIpc) is 3.53. The number of allylic oxidation sites excluding steroid dienone is 1. The summed E-state index contributed by atoms with van der Waals surface area (Å²) in [5.74, 6) is 0.551. The van der Waals surface area contributed by atoms with Gasteiger partial charge in [-0.2, -0.15) is 0 Å². The van der Waals surface area contributed by atoms with Crippen molar-refractivity contribution in [1.82, 2.24) is 0 Å². The number of benzene rings is 3. The zero-order valence-electron chi connectivity index (χ0n) is 21.3. The van der Waals surface area contributed by atoms with Crippen molar-refractivity contribution in [3.63, 3.8) is 0 Å². The highest BCUT2D eigenvalue weighted by atomic mass is 16.6. The summed E-state index contributed by atoms with van der Waals surface area (Å²) in [5.41, 5.74) is 2.76. The number of esters is 2. The third-order valence-corrected chi connectivity index (χ3v) is 6.65. The minimum absolute atomic E-state index is 0.0759. The molecular formula is C32H28O6. The van der Waals surface area contributed by atoms with Gasteiger partial charge >= 0.3 is 11.9 Å². The Labute approximate surface area is 221 Å². The summed E-state index contributed by atoms with van der Waals surface area (Å²) < 4.78 is 23.0. The van der Waals surface area contributed by atoms with Gasteiger partial charge in [-0.15, -0.1) is 0 Å². The highest BCUT2D eigenvalue weighted by Gasteiger charge is 2.45. The molecule has 3 aromatic carbocycles. The van der Waals surface area contributed by atoms with Gasteiger partial charge in [-0.3, -0.25) is 0 Å². The molecule has 0 atom stereocenters. The normalized spacial score (nSPS) is 14.2. The van der Waals surface area contributed by atoms with Crippen LogP contribution in [-0.2, 0) is 24.6 Å². The topological polar surface area (TPSA) is 75.0 Å². The first-order valence-corrected chi connectivity index (χ1v) is 12.5. The smallest absolute Gasteiger partial charge is 0.341 e. The molecule has 0 saturated heterocycles. The summed E-state index contributed by atoms with van der Waals surface area (Å²) in [6, 6.07) is 30.9. The molecule has 0 amide bonds. The van der Waals surface area contributed by atoms with Gasteiger partial charge in [0.1, 0.15) is 36.1 Å². The van der Waals surface area contributed by atoms with Crippen LogP contribution in [0.5, 0.6) is 0 Å². The van der Waals surface area contributed by atoms with Crippen molar-refractivity contribution in [2.24, 2.45) is 0 Å². The van der Waals surface area contributed by atoms with Crippen molar-refractivity contribution in [1.29, 1.82) is 0 Å². The number of hydrogen-bond donors (Lipinski definition) is 0. The fraction of sp³-hybridized carbons (Fsp3) is 0.188. The molecule has 4 aromatic rings. The predicted octanol–water partition coefficient (Wildman–Crippen LogP) is 6.59. The monoisotopic (exact) mass is 508 g/mol. The second kappa shape index (κ2) is 10.8. The standard InChI is InChI=1S/C32H28O6/c1-22-27(20-29(37-22)24-12-6-3-7-13-24)30(33)35-18-19-36-31(34)28-21-32(38-23(28)2,25-14-8-4-9-15-25)26-16-10-5-11-17-26/h3-17,20H,18-19,21H2,1-2H3. The van der Waals surface area contributed by atoms with Gasteiger partial charge in [0.25, 0.3) is 0 Å². The SMILES string of the molecule is CC1=C(C(=O)OCCOC(=O)c2cc(-c3ccccc3)oc2C)CC(c2ccccc2)(c2ccccc2)O1. The molecule has 2 heterocycles. The molecule has 5 rings (SSSR count). The minimum atomic E-state index is -0.817. The van der Waals surface area contributed by atoms with E-state index in [0.29, 0.717) is 34.8 Å². The fourth-order valence-corrected chi connectivity index (χ4v) is 4.71. The quantitative estimate of drug-likeness (QED) is 0.197. The third kappa shape index (κ3) is 4.98. The Morgan fingerprint density at radius 3 is 1.87 bits per heavy atom. The Morgan fingerprint density at radius 2 is 1.29 bits per heavy atom. The van der Waals surface area contributed by atoms with E-state index in [9.17, 15) is 9.59 Å². The van der Waals surface area contributed by atoms with E-state index in [0.717, 1.165) is 16.7 Å². The van der Waals surface area contributed by atoms with Gasteiger partial charge in [0, 0.05) is 23.1 Å². The molecule has 0 fully saturated rings. The van der Waals surface area contributed by atoms with E-state index in [-0.39, 0.29) is 13.2 Å². The van der Waals surface area contributed by atoms with E-state index in [1.54, 1.807) is 19.9 Å². The van der Waals surface area contributed by atoms with Crippen LogP contribution in [0.4, 0.5) is 0 Å². The van der Waals surface area contributed by atoms with Crippen molar-refractivity contribution < 1.29 is 28.2 Å². The van der Waals surface area contributed by atoms with E-state index >= 15 is 0 Å². The van der Waals surface area contributed by atoms with Crippen LogP contribution in [0, 0.1) is 6.92 Å². The molecule has 0 N–H and O–H groups in total. The van der Waals surface area contributed by atoms with Gasteiger partial charge < -0.3 is 18.6 Å². The van der Waals surface area contributed by atoms with Crippen molar-refractivity contribution in [2.75, 3.05) is 13.2 Å². The molecular weight excluding hydrogens is 480 g/mol. The van der Waals surface area contributed by atoms with Crippen LogP contribution in [-0.4, -0.2) is 25.2 Å². The highest BCUT2D eigenvalue weighted by molar-refractivity contribution is 5.92. The van der Waals surface area contributed by atoms with E-state index < -0.39 is 17.5 Å². The van der Waals surface area contributed by atoms with Crippen LogP contribution in [0.1, 0.15) is 40.6 Å². The number of aryl methyl sites for hydroxylation is 1. The summed E-state index contributed by atoms with van der Waals surface area (Å²) in [5, 5.41) is 0. The maximum atomic E-state index is 13.0. The molecule has 0 bridgehead atoms. The van der Waals surface area contributed by atoms with Crippen molar-refractivity contribution in [3.8, 4) is 11.3 Å². The van der Waals surface area contributed by atoms with Gasteiger partial charge in [-0.05, 0) is 19.9 Å². The van der Waals surface area contributed by atoms with Gasteiger partial charge in [-0.1, -0.05) is 91.0 Å². The number of carbonyl (C=O) groups excluding carboxylic acids is 2. The van der Waals surface area contributed by atoms with Crippen molar-refractivity contribution >= 4 is 11.9 Å². The Morgan fingerprint density at radius 1 is 0.763 bits per heavy atom. The van der Waals surface area contributed by atoms with Gasteiger partial charge in [0.05, 0.1) is 5.57 Å². The van der Waals surface area contributed by atoms with Crippen LogP contribution >= 0.6 is 0 Å². The molecule has 0 radical (unpaired) electrons. The minimum Gasteiger partial charge on any atom is -0.482 e. The lowest BCUT2D eigenvalue weighted by Gasteiger charge is -2.31. The van der Waals surface area contributed by atoms with Gasteiger partial charge in [-0.25, -0.2) is 9.59 Å². The Hall–Kier alpha value is -4.58. The molecule has 6 heteroatoms. The lowest BCUT2D eigenvalue weighted by Crippen LogP contribution is -2.28. The number of rotatable bonds is 8. The molecule has 1 aliphatic rings. The van der Waals surface area contributed by atoms with E-state index in [1.807, 2.05) is 91.0 Å². The van der Waals surface area contributed by atoms with E-state index in [2.05, 4.69) is 0 Å². The zero-order chi connectivity index (χ0) is 26.5. The molecule has 0 spiro atoms. The van der Waals surface area contributed by atoms with Crippen LogP contribution in [0.2, 0.25) is 0 Å². The van der Waals surface area contributed by atoms with Gasteiger partial charge in [0.2, 0.25) is 0 Å². The summed E-state index contributed by atoms with van der Waals surface area (Å²) in [6.07, 6.45) is 0.335. The molecule has 38 heavy (non-hydrogen) atoms. The Balaban J connectivity index is 1.21. The molecule has 0 saturated carbocycles. The molecule has 192 valence electrons. The number of furan rings is 1. The summed E-state index contributed by atoms with van der Waals surface area (Å²) in [4.78, 5) is 25.6. The van der Waals surface area contributed by atoms with Crippen LogP contribution in [0.3, 0.4) is 0 Å². The summed E-state index contributed by atoms with van der Waals surface area (Å²) >= 11 is 0. The van der Waals surface area contributed by atoms with Crippen molar-refractivity contribution in [2.45, 2.75) is 25.9 Å². The largest absolute Gasteiger partial charge is 0.482 e. The number of carbonyl (C=O) groups is 2. The third-order valence-electron chi connectivity index (χ3n) is 6.65. The van der Waals surface area contributed by atoms with E-state index in [1.165, 1.54) is 0 Å². The summed E-state index contributed by atoms with van der Waals surface area (Å²) in [7, 11) is 0. The summed E-state index contributed by atoms with van der Waals surface area (Å²) in [6.45, 7) is 3.33. The lowest BCUT2D eigenvalue weighted by atomic mass is 9.82.